The SMILES string of the molecule is On1c(-c2ccccc2)nc2c1CCc1nonc1-2. The van der Waals surface area contributed by atoms with E-state index in [4.69, 9.17) is 4.63 Å². The van der Waals surface area contributed by atoms with E-state index in [1.165, 1.54) is 0 Å². The Morgan fingerprint density at radius 2 is 1.89 bits per heavy atom. The number of rotatable bonds is 1. The predicted octanol–water partition coefficient (Wildman–Crippen LogP) is 1.94. The molecule has 6 nitrogen and oxygen atoms in total. The van der Waals surface area contributed by atoms with Crippen LogP contribution in [-0.4, -0.2) is 25.2 Å². The van der Waals surface area contributed by atoms with Crippen molar-refractivity contribution in [1.82, 2.24) is 20.0 Å². The Bertz CT molecular complexity index is 745. The molecule has 1 N–H and O–H groups in total. The molecule has 1 aromatic carbocycles. The van der Waals surface area contributed by atoms with Crippen LogP contribution in [-0.2, 0) is 12.8 Å². The van der Waals surface area contributed by atoms with Gasteiger partial charge in [0.1, 0.15) is 11.4 Å². The number of fused-ring (bicyclic) bond motifs is 3. The van der Waals surface area contributed by atoms with Gasteiger partial charge in [-0.2, -0.15) is 4.73 Å². The summed E-state index contributed by atoms with van der Waals surface area (Å²) in [5.74, 6) is 0.515. The zero-order chi connectivity index (χ0) is 12.8. The van der Waals surface area contributed by atoms with Crippen LogP contribution < -0.4 is 0 Å². The third-order valence-electron chi connectivity index (χ3n) is 3.36. The molecule has 6 heteroatoms. The minimum absolute atomic E-state index is 0.515. The summed E-state index contributed by atoms with van der Waals surface area (Å²) in [6.07, 6.45) is 1.37. The summed E-state index contributed by atoms with van der Waals surface area (Å²) in [4.78, 5) is 4.48. The van der Waals surface area contributed by atoms with E-state index >= 15 is 0 Å². The fourth-order valence-electron chi connectivity index (χ4n) is 2.42. The lowest BCUT2D eigenvalue weighted by molar-refractivity contribution is 0.181. The molecular formula is C13H10N4O2. The number of aromatic nitrogens is 4. The average molecular weight is 254 g/mol. The van der Waals surface area contributed by atoms with E-state index in [9.17, 15) is 5.21 Å². The Kier molecular flexibility index (Phi) is 2.00. The van der Waals surface area contributed by atoms with Crippen molar-refractivity contribution in [1.29, 1.82) is 0 Å². The van der Waals surface area contributed by atoms with Crippen LogP contribution in [0.4, 0.5) is 0 Å². The summed E-state index contributed by atoms with van der Waals surface area (Å²) in [5.41, 5.74) is 3.69. The molecule has 0 aliphatic heterocycles. The molecule has 4 rings (SSSR count). The van der Waals surface area contributed by atoms with Gasteiger partial charge >= 0.3 is 0 Å². The number of benzene rings is 1. The highest BCUT2D eigenvalue weighted by atomic mass is 16.6. The molecule has 0 fully saturated rings. The lowest BCUT2D eigenvalue weighted by Gasteiger charge is -2.08. The molecule has 0 bridgehead atoms. The van der Waals surface area contributed by atoms with Crippen LogP contribution in [0.3, 0.4) is 0 Å². The smallest absolute Gasteiger partial charge is 0.176 e. The molecule has 1 aliphatic rings. The maximum atomic E-state index is 10.3. The molecular weight excluding hydrogens is 244 g/mol. The molecule has 0 saturated heterocycles. The maximum absolute atomic E-state index is 10.3. The van der Waals surface area contributed by atoms with Crippen LogP contribution in [0.25, 0.3) is 22.8 Å². The maximum Gasteiger partial charge on any atom is 0.176 e. The second kappa shape index (κ2) is 3.68. The number of hydrogen-bond acceptors (Lipinski definition) is 5. The lowest BCUT2D eigenvalue weighted by Crippen LogP contribution is -2.07. The first-order valence-electron chi connectivity index (χ1n) is 6.02. The number of hydrogen-bond donors (Lipinski definition) is 1. The van der Waals surface area contributed by atoms with E-state index in [2.05, 4.69) is 15.3 Å². The molecule has 19 heavy (non-hydrogen) atoms. The van der Waals surface area contributed by atoms with Gasteiger partial charge in [-0.1, -0.05) is 35.5 Å². The van der Waals surface area contributed by atoms with Crippen molar-refractivity contribution in [3.05, 3.63) is 41.7 Å². The van der Waals surface area contributed by atoms with Crippen molar-refractivity contribution in [2.45, 2.75) is 12.8 Å². The van der Waals surface area contributed by atoms with Crippen molar-refractivity contribution in [3.63, 3.8) is 0 Å². The van der Waals surface area contributed by atoms with E-state index in [1.807, 2.05) is 30.3 Å². The van der Waals surface area contributed by atoms with Crippen molar-refractivity contribution >= 4 is 0 Å². The van der Waals surface area contributed by atoms with Gasteiger partial charge in [-0.05, 0) is 11.6 Å². The zero-order valence-corrected chi connectivity index (χ0v) is 9.95. The second-order valence-electron chi connectivity index (χ2n) is 4.47. The van der Waals surface area contributed by atoms with Gasteiger partial charge in [-0.3, -0.25) is 0 Å². The van der Waals surface area contributed by atoms with Crippen molar-refractivity contribution < 1.29 is 9.84 Å². The van der Waals surface area contributed by atoms with Gasteiger partial charge in [0.15, 0.2) is 11.5 Å². The number of nitrogens with zero attached hydrogens (tertiary/aromatic N) is 4. The standard InChI is InChI=1S/C13H10N4O2/c18-17-10-7-6-9-11(16-19-15-9)12(10)14-13(17)8-4-2-1-3-5-8/h1-5,18H,6-7H2. The van der Waals surface area contributed by atoms with Crippen LogP contribution in [0.1, 0.15) is 11.4 Å². The first-order chi connectivity index (χ1) is 9.34. The van der Waals surface area contributed by atoms with Crippen LogP contribution in [0, 0.1) is 0 Å². The molecule has 0 atom stereocenters. The van der Waals surface area contributed by atoms with E-state index in [0.29, 0.717) is 30.1 Å². The highest BCUT2D eigenvalue weighted by Crippen LogP contribution is 2.33. The van der Waals surface area contributed by atoms with Gasteiger partial charge in [0.25, 0.3) is 0 Å². The highest BCUT2D eigenvalue weighted by Gasteiger charge is 2.28. The first-order valence-corrected chi connectivity index (χ1v) is 6.02. The van der Waals surface area contributed by atoms with Crippen molar-refractivity contribution in [2.75, 3.05) is 0 Å². The average Bonchev–Trinajstić information content (AvgIpc) is 3.04. The minimum Gasteiger partial charge on any atom is -0.427 e. The van der Waals surface area contributed by atoms with Gasteiger partial charge in [-0.15, -0.1) is 0 Å². The normalized spacial score (nSPS) is 13.1. The van der Waals surface area contributed by atoms with Crippen molar-refractivity contribution in [2.24, 2.45) is 0 Å². The topological polar surface area (TPSA) is 77.0 Å². The molecule has 0 spiro atoms. The highest BCUT2D eigenvalue weighted by molar-refractivity contribution is 5.68. The molecule has 2 aromatic heterocycles. The molecule has 3 aromatic rings. The summed E-state index contributed by atoms with van der Waals surface area (Å²) >= 11 is 0. The van der Waals surface area contributed by atoms with Gasteiger partial charge in [0.05, 0.1) is 5.69 Å². The van der Waals surface area contributed by atoms with Gasteiger partial charge in [-0.25, -0.2) is 9.61 Å². The molecule has 94 valence electrons. The third-order valence-corrected chi connectivity index (χ3v) is 3.36. The third kappa shape index (κ3) is 1.40. The Morgan fingerprint density at radius 3 is 2.74 bits per heavy atom. The van der Waals surface area contributed by atoms with Crippen LogP contribution in [0.5, 0.6) is 0 Å². The molecule has 2 heterocycles. The Hall–Kier alpha value is -2.63. The number of aryl methyl sites for hydroxylation is 1. The Balaban J connectivity index is 1.94. The fraction of sp³-hybridized carbons (Fsp3) is 0.154. The zero-order valence-electron chi connectivity index (χ0n) is 9.95. The number of imidazole rings is 1. The Labute approximate surface area is 108 Å². The van der Waals surface area contributed by atoms with E-state index in [1.54, 1.807) is 0 Å². The summed E-state index contributed by atoms with van der Waals surface area (Å²) in [6.45, 7) is 0. The molecule has 0 radical (unpaired) electrons. The molecule has 0 amide bonds. The summed E-state index contributed by atoms with van der Waals surface area (Å²) in [7, 11) is 0. The second-order valence-corrected chi connectivity index (χ2v) is 4.47. The fourth-order valence-corrected chi connectivity index (χ4v) is 2.42. The largest absolute Gasteiger partial charge is 0.427 e. The quantitative estimate of drug-likeness (QED) is 0.671. The van der Waals surface area contributed by atoms with Crippen LogP contribution >= 0.6 is 0 Å². The lowest BCUT2D eigenvalue weighted by atomic mass is 10.0. The summed E-state index contributed by atoms with van der Waals surface area (Å²) < 4.78 is 5.89. The summed E-state index contributed by atoms with van der Waals surface area (Å²) in [6, 6.07) is 9.55. The minimum atomic E-state index is 0.515. The molecule has 0 unspecified atom stereocenters. The monoisotopic (exact) mass is 254 g/mol. The van der Waals surface area contributed by atoms with Crippen LogP contribution in [0.15, 0.2) is 35.0 Å². The first kappa shape index (κ1) is 10.3. The van der Waals surface area contributed by atoms with Gasteiger partial charge in [0, 0.05) is 12.0 Å². The summed E-state index contributed by atoms with van der Waals surface area (Å²) in [5, 5.41) is 18.0. The molecule has 0 saturated carbocycles. The predicted molar refractivity (Wildman–Crippen MR) is 65.5 cm³/mol. The van der Waals surface area contributed by atoms with Crippen LogP contribution in [0.2, 0.25) is 0 Å². The van der Waals surface area contributed by atoms with E-state index < -0.39 is 0 Å². The van der Waals surface area contributed by atoms with E-state index in [-0.39, 0.29) is 0 Å². The van der Waals surface area contributed by atoms with Crippen molar-refractivity contribution in [3.8, 4) is 22.8 Å². The molecule has 1 aliphatic carbocycles. The van der Waals surface area contributed by atoms with Gasteiger partial charge in [0.2, 0.25) is 0 Å². The Morgan fingerprint density at radius 1 is 1.05 bits per heavy atom. The van der Waals surface area contributed by atoms with Gasteiger partial charge < -0.3 is 5.21 Å². The van der Waals surface area contributed by atoms with E-state index in [0.717, 1.165) is 21.7 Å².